The highest BCUT2D eigenvalue weighted by Crippen LogP contribution is 2.42. The van der Waals surface area contributed by atoms with Gasteiger partial charge in [0.15, 0.2) is 0 Å². The zero-order valence-corrected chi connectivity index (χ0v) is 9.24. The van der Waals surface area contributed by atoms with Crippen LogP contribution in [0.2, 0.25) is 0 Å². The summed E-state index contributed by atoms with van der Waals surface area (Å²) in [5.41, 5.74) is -2.04. The van der Waals surface area contributed by atoms with Crippen LogP contribution in [0.25, 0.3) is 0 Å². The summed E-state index contributed by atoms with van der Waals surface area (Å²) in [7, 11) is 0. The number of hydrogen-bond acceptors (Lipinski definition) is 2. The molecule has 1 nitrogen and oxygen atoms in total. The summed E-state index contributed by atoms with van der Waals surface area (Å²) < 4.78 is 38.3. The minimum Gasteiger partial charge on any atom is -0.384 e. The molecule has 1 atom stereocenters. The highest BCUT2D eigenvalue weighted by molar-refractivity contribution is 7.99. The number of hydrogen-bond donors (Lipinski definition) is 1. The zero-order chi connectivity index (χ0) is 11.8. The van der Waals surface area contributed by atoms with Crippen molar-refractivity contribution in [2.75, 3.05) is 11.5 Å². The van der Waals surface area contributed by atoms with Crippen LogP contribution in [0.4, 0.5) is 13.2 Å². The second-order valence-corrected chi connectivity index (χ2v) is 4.98. The second-order valence-electron chi connectivity index (χ2n) is 3.88. The van der Waals surface area contributed by atoms with E-state index in [9.17, 15) is 18.3 Å². The minimum atomic E-state index is -4.40. The smallest absolute Gasteiger partial charge is 0.384 e. The number of rotatable bonds is 1. The Morgan fingerprint density at radius 1 is 1.25 bits per heavy atom. The van der Waals surface area contributed by atoms with Crippen molar-refractivity contribution in [2.24, 2.45) is 0 Å². The van der Waals surface area contributed by atoms with Crippen molar-refractivity contribution in [2.45, 2.75) is 18.2 Å². The fourth-order valence-electron chi connectivity index (χ4n) is 1.90. The number of aliphatic hydroxyl groups is 1. The van der Waals surface area contributed by atoms with Crippen molar-refractivity contribution in [3.8, 4) is 0 Å². The first-order valence-corrected chi connectivity index (χ1v) is 6.06. The van der Waals surface area contributed by atoms with E-state index in [1.165, 1.54) is 30.0 Å². The van der Waals surface area contributed by atoms with Gasteiger partial charge in [-0.15, -0.1) is 0 Å². The highest BCUT2D eigenvalue weighted by Gasteiger charge is 2.42. The molecule has 1 aromatic carbocycles. The summed E-state index contributed by atoms with van der Waals surface area (Å²) in [5.74, 6) is 1.03. The molecule has 1 heterocycles. The molecule has 0 bridgehead atoms. The Morgan fingerprint density at radius 3 is 2.50 bits per heavy atom. The Bertz CT molecular complexity index is 383. The molecule has 1 unspecified atom stereocenters. The molecule has 1 aliphatic heterocycles. The monoisotopic (exact) mass is 248 g/mol. The van der Waals surface area contributed by atoms with Crippen molar-refractivity contribution in [1.29, 1.82) is 0 Å². The van der Waals surface area contributed by atoms with Gasteiger partial charge in [-0.05, 0) is 23.8 Å². The lowest BCUT2D eigenvalue weighted by Gasteiger charge is -2.25. The molecule has 88 valence electrons. The number of thioether (sulfide) groups is 1. The predicted octanol–water partition coefficient (Wildman–Crippen LogP) is 3.03. The first-order chi connectivity index (χ1) is 7.43. The van der Waals surface area contributed by atoms with E-state index in [-0.39, 0.29) is 5.56 Å². The third-order valence-electron chi connectivity index (χ3n) is 2.73. The van der Waals surface area contributed by atoms with E-state index in [2.05, 4.69) is 0 Å². The Labute approximate surface area is 95.7 Å². The molecule has 1 fully saturated rings. The average molecular weight is 248 g/mol. The third-order valence-corrected chi connectivity index (χ3v) is 3.91. The molecule has 0 radical (unpaired) electrons. The Hall–Kier alpha value is -0.680. The maximum atomic E-state index is 12.8. The van der Waals surface area contributed by atoms with E-state index >= 15 is 0 Å². The van der Waals surface area contributed by atoms with Crippen molar-refractivity contribution in [1.82, 2.24) is 0 Å². The van der Waals surface area contributed by atoms with Gasteiger partial charge in [-0.3, -0.25) is 0 Å². The third kappa shape index (κ3) is 2.06. The number of benzene rings is 1. The van der Waals surface area contributed by atoms with Gasteiger partial charge in [0.05, 0.1) is 11.2 Å². The zero-order valence-electron chi connectivity index (χ0n) is 8.42. The minimum absolute atomic E-state index is 0.00694. The fraction of sp³-hybridized carbons (Fsp3) is 0.455. The molecule has 5 heteroatoms. The summed E-state index contributed by atoms with van der Waals surface area (Å²) in [4.78, 5) is 0. The molecule has 0 saturated carbocycles. The summed E-state index contributed by atoms with van der Waals surface area (Å²) in [6.45, 7) is 0. The summed E-state index contributed by atoms with van der Waals surface area (Å²) in [6, 6.07) is 5.27. The van der Waals surface area contributed by atoms with Crippen molar-refractivity contribution < 1.29 is 18.3 Å². The lowest BCUT2D eigenvalue weighted by Crippen LogP contribution is -2.28. The van der Waals surface area contributed by atoms with Crippen molar-refractivity contribution in [3.05, 3.63) is 35.4 Å². The molecular weight excluding hydrogens is 237 g/mol. The summed E-state index contributed by atoms with van der Waals surface area (Å²) in [5, 5.41) is 10.2. The highest BCUT2D eigenvalue weighted by atomic mass is 32.2. The molecule has 1 N–H and O–H groups in total. The van der Waals surface area contributed by atoms with Crippen LogP contribution in [0.1, 0.15) is 17.5 Å². The molecule has 2 rings (SSSR count). The number of halogens is 3. The predicted molar refractivity (Wildman–Crippen MR) is 57.3 cm³/mol. The maximum absolute atomic E-state index is 12.8. The molecule has 16 heavy (non-hydrogen) atoms. The van der Waals surface area contributed by atoms with Crippen LogP contribution in [-0.2, 0) is 11.8 Å². The van der Waals surface area contributed by atoms with E-state index in [0.717, 1.165) is 6.07 Å². The molecule has 1 saturated heterocycles. The van der Waals surface area contributed by atoms with E-state index in [0.29, 0.717) is 17.9 Å². The molecular formula is C11H11F3OS. The van der Waals surface area contributed by atoms with Gasteiger partial charge in [-0.2, -0.15) is 24.9 Å². The van der Waals surface area contributed by atoms with Crippen LogP contribution in [0.5, 0.6) is 0 Å². The molecule has 0 amide bonds. The van der Waals surface area contributed by atoms with Gasteiger partial charge in [0, 0.05) is 5.75 Å². The Kier molecular flexibility index (Phi) is 2.92. The fourth-order valence-corrected chi connectivity index (χ4v) is 3.17. The second kappa shape index (κ2) is 3.96. The Morgan fingerprint density at radius 2 is 1.94 bits per heavy atom. The largest absolute Gasteiger partial charge is 0.416 e. The standard InChI is InChI=1S/C11H11F3OS/c12-11(13,14)9-4-2-1-3-8(9)10(15)5-6-16-7-10/h1-4,15H,5-7H2. The maximum Gasteiger partial charge on any atom is 0.416 e. The quantitative estimate of drug-likeness (QED) is 0.824. The molecule has 0 spiro atoms. The molecule has 1 aromatic rings. The van der Waals surface area contributed by atoms with Crippen LogP contribution in [0.15, 0.2) is 24.3 Å². The van der Waals surface area contributed by atoms with Gasteiger partial charge in [0.1, 0.15) is 0 Å². The van der Waals surface area contributed by atoms with Crippen LogP contribution in [0, 0.1) is 0 Å². The van der Waals surface area contributed by atoms with Gasteiger partial charge < -0.3 is 5.11 Å². The SMILES string of the molecule is OC1(c2ccccc2C(F)(F)F)CCSC1. The van der Waals surface area contributed by atoms with E-state index in [1.807, 2.05) is 0 Å². The van der Waals surface area contributed by atoms with E-state index in [4.69, 9.17) is 0 Å². The summed E-state index contributed by atoms with van der Waals surface area (Å²) >= 11 is 1.48. The van der Waals surface area contributed by atoms with Crippen LogP contribution in [0.3, 0.4) is 0 Å². The summed E-state index contributed by atoms with van der Waals surface area (Å²) in [6.07, 6.45) is -4.02. The van der Waals surface area contributed by atoms with E-state index < -0.39 is 17.3 Å². The van der Waals surface area contributed by atoms with Crippen LogP contribution < -0.4 is 0 Å². The van der Waals surface area contributed by atoms with Crippen molar-refractivity contribution >= 4 is 11.8 Å². The van der Waals surface area contributed by atoms with Crippen LogP contribution in [-0.4, -0.2) is 16.6 Å². The van der Waals surface area contributed by atoms with E-state index in [1.54, 1.807) is 0 Å². The van der Waals surface area contributed by atoms with Gasteiger partial charge >= 0.3 is 6.18 Å². The first kappa shape index (κ1) is 11.8. The lowest BCUT2D eigenvalue weighted by atomic mass is 9.89. The lowest BCUT2D eigenvalue weighted by molar-refractivity contribution is -0.140. The van der Waals surface area contributed by atoms with Gasteiger partial charge in [-0.25, -0.2) is 0 Å². The Balaban J connectivity index is 2.48. The molecule has 0 aliphatic carbocycles. The molecule has 0 aromatic heterocycles. The van der Waals surface area contributed by atoms with Gasteiger partial charge in [0.25, 0.3) is 0 Å². The normalized spacial score (nSPS) is 26.0. The topological polar surface area (TPSA) is 20.2 Å². The van der Waals surface area contributed by atoms with Gasteiger partial charge in [-0.1, -0.05) is 18.2 Å². The number of alkyl halides is 3. The average Bonchev–Trinajstić information content (AvgIpc) is 2.65. The van der Waals surface area contributed by atoms with Crippen LogP contribution >= 0.6 is 11.8 Å². The molecule has 1 aliphatic rings. The van der Waals surface area contributed by atoms with Gasteiger partial charge in [0.2, 0.25) is 0 Å². The van der Waals surface area contributed by atoms with Crippen molar-refractivity contribution in [3.63, 3.8) is 0 Å². The first-order valence-electron chi connectivity index (χ1n) is 4.90.